The number of likely N-dealkylation sites (tertiary alicyclic amines) is 1. The molecule has 3 rings (SSSR count). The molecule has 1 aliphatic heterocycles. The van der Waals surface area contributed by atoms with Crippen LogP contribution in [0, 0.1) is 11.8 Å². The summed E-state index contributed by atoms with van der Waals surface area (Å²) in [5, 5.41) is 2.88. The van der Waals surface area contributed by atoms with Crippen LogP contribution in [0.5, 0.6) is 5.75 Å². The van der Waals surface area contributed by atoms with E-state index in [1.54, 1.807) is 12.1 Å². The van der Waals surface area contributed by atoms with Crippen molar-refractivity contribution in [1.29, 1.82) is 0 Å². The van der Waals surface area contributed by atoms with Crippen molar-refractivity contribution in [2.24, 2.45) is 11.8 Å². The van der Waals surface area contributed by atoms with E-state index >= 15 is 0 Å². The Morgan fingerprint density at radius 1 is 1.17 bits per heavy atom. The third-order valence-corrected chi connectivity index (χ3v) is 5.23. The van der Waals surface area contributed by atoms with Crippen molar-refractivity contribution in [2.75, 3.05) is 25.6 Å². The lowest BCUT2D eigenvalue weighted by Gasteiger charge is -2.14. The van der Waals surface area contributed by atoms with Gasteiger partial charge in [0, 0.05) is 12.2 Å². The lowest BCUT2D eigenvalue weighted by Crippen LogP contribution is -2.33. The summed E-state index contributed by atoms with van der Waals surface area (Å²) in [4.78, 5) is 49.7. The normalized spacial score (nSPS) is 20.4. The maximum absolute atomic E-state index is 12.3. The number of benzene rings is 1. The molecule has 3 amide bonds. The first kappa shape index (κ1) is 20.9. The summed E-state index contributed by atoms with van der Waals surface area (Å²) in [5.41, 5.74) is 0.432. The average Bonchev–Trinajstić information content (AvgIpc) is 2.95. The zero-order valence-corrected chi connectivity index (χ0v) is 16.6. The molecule has 1 N–H and O–H groups in total. The predicted molar refractivity (Wildman–Crippen MR) is 104 cm³/mol. The van der Waals surface area contributed by atoms with E-state index in [0.29, 0.717) is 29.3 Å². The fourth-order valence-corrected chi connectivity index (χ4v) is 3.71. The SMILES string of the molecule is COc1ccc(NC(=O)COC(=O)CCN2C(=O)[C@H]3CC=CC[C@@H]3C2=O)cc1Cl. The van der Waals surface area contributed by atoms with Crippen molar-refractivity contribution >= 4 is 41.0 Å². The van der Waals surface area contributed by atoms with E-state index in [4.69, 9.17) is 21.1 Å². The molecular weight excluding hydrogens is 400 g/mol. The van der Waals surface area contributed by atoms with E-state index < -0.39 is 18.5 Å². The van der Waals surface area contributed by atoms with Crippen molar-refractivity contribution in [2.45, 2.75) is 19.3 Å². The minimum Gasteiger partial charge on any atom is -0.495 e. The number of allylic oxidation sites excluding steroid dienone is 2. The van der Waals surface area contributed by atoms with E-state index in [1.807, 2.05) is 12.2 Å². The first-order valence-electron chi connectivity index (χ1n) is 9.20. The Morgan fingerprint density at radius 2 is 1.83 bits per heavy atom. The van der Waals surface area contributed by atoms with E-state index in [0.717, 1.165) is 4.90 Å². The molecule has 1 fully saturated rings. The molecule has 0 aromatic heterocycles. The van der Waals surface area contributed by atoms with Crippen LogP contribution in [0.15, 0.2) is 30.4 Å². The minimum absolute atomic E-state index is 0.0425. The Morgan fingerprint density at radius 3 is 2.41 bits per heavy atom. The number of nitrogens with one attached hydrogen (secondary N) is 1. The number of methoxy groups -OCH3 is 1. The summed E-state index contributed by atoms with van der Waals surface area (Å²) in [5.74, 6) is -1.88. The highest BCUT2D eigenvalue weighted by atomic mass is 35.5. The van der Waals surface area contributed by atoms with E-state index in [-0.39, 0.29) is 36.6 Å². The Kier molecular flexibility index (Phi) is 6.53. The topological polar surface area (TPSA) is 102 Å². The molecule has 0 unspecified atom stereocenters. The highest BCUT2D eigenvalue weighted by Crippen LogP contribution is 2.35. The largest absolute Gasteiger partial charge is 0.495 e. The van der Waals surface area contributed by atoms with Crippen molar-refractivity contribution < 1.29 is 28.7 Å². The number of carbonyl (C=O) groups excluding carboxylic acids is 4. The summed E-state index contributed by atoms with van der Waals surface area (Å²) < 4.78 is 9.96. The quantitative estimate of drug-likeness (QED) is 0.412. The number of imide groups is 1. The third kappa shape index (κ3) is 4.76. The Hall–Kier alpha value is -2.87. The van der Waals surface area contributed by atoms with Gasteiger partial charge in [-0.2, -0.15) is 0 Å². The zero-order valence-electron chi connectivity index (χ0n) is 15.9. The molecule has 2 aliphatic rings. The third-order valence-electron chi connectivity index (χ3n) is 4.94. The lowest BCUT2D eigenvalue weighted by molar-refractivity contribution is -0.148. The Bertz CT molecular complexity index is 843. The van der Waals surface area contributed by atoms with Crippen LogP contribution in [0.1, 0.15) is 19.3 Å². The van der Waals surface area contributed by atoms with Crippen molar-refractivity contribution in [3.05, 3.63) is 35.4 Å². The van der Waals surface area contributed by atoms with Crippen LogP contribution in [0.3, 0.4) is 0 Å². The first-order chi connectivity index (χ1) is 13.9. The van der Waals surface area contributed by atoms with E-state index in [1.165, 1.54) is 13.2 Å². The van der Waals surface area contributed by atoms with Gasteiger partial charge in [-0.05, 0) is 31.0 Å². The van der Waals surface area contributed by atoms with Gasteiger partial charge >= 0.3 is 5.97 Å². The fraction of sp³-hybridized carbons (Fsp3) is 0.400. The second-order valence-corrected chi connectivity index (χ2v) is 7.20. The van der Waals surface area contributed by atoms with Crippen LogP contribution < -0.4 is 10.1 Å². The number of rotatable bonds is 7. The summed E-state index contributed by atoms with van der Waals surface area (Å²) >= 11 is 5.99. The number of fused-ring (bicyclic) bond motifs is 1. The second-order valence-electron chi connectivity index (χ2n) is 6.79. The van der Waals surface area contributed by atoms with Gasteiger partial charge in [-0.1, -0.05) is 23.8 Å². The minimum atomic E-state index is -0.665. The lowest BCUT2D eigenvalue weighted by atomic mass is 9.85. The Labute approximate surface area is 172 Å². The van der Waals surface area contributed by atoms with Gasteiger partial charge < -0.3 is 14.8 Å². The van der Waals surface area contributed by atoms with E-state index in [2.05, 4.69) is 5.32 Å². The van der Waals surface area contributed by atoms with Gasteiger partial charge in [0.25, 0.3) is 5.91 Å². The first-order valence-corrected chi connectivity index (χ1v) is 9.57. The molecule has 8 nitrogen and oxygen atoms in total. The molecule has 0 radical (unpaired) electrons. The van der Waals surface area contributed by atoms with Crippen LogP contribution >= 0.6 is 11.6 Å². The van der Waals surface area contributed by atoms with Crippen LogP contribution in [-0.2, 0) is 23.9 Å². The maximum Gasteiger partial charge on any atom is 0.308 e. The molecule has 1 aromatic rings. The molecular formula is C20H21ClN2O6. The van der Waals surface area contributed by atoms with Gasteiger partial charge in [-0.25, -0.2) is 0 Å². The van der Waals surface area contributed by atoms with Crippen LogP contribution in [-0.4, -0.2) is 48.9 Å². The number of esters is 1. The fourth-order valence-electron chi connectivity index (χ4n) is 3.45. The number of hydrogen-bond donors (Lipinski definition) is 1. The highest BCUT2D eigenvalue weighted by molar-refractivity contribution is 6.32. The number of halogens is 1. The number of amides is 3. The van der Waals surface area contributed by atoms with Gasteiger partial charge in [-0.3, -0.25) is 24.1 Å². The van der Waals surface area contributed by atoms with Crippen molar-refractivity contribution in [3.63, 3.8) is 0 Å². The van der Waals surface area contributed by atoms with Crippen LogP contribution in [0.4, 0.5) is 5.69 Å². The number of nitrogens with zero attached hydrogens (tertiary/aromatic N) is 1. The van der Waals surface area contributed by atoms with Gasteiger partial charge in [0.1, 0.15) is 5.75 Å². The molecule has 0 spiro atoms. The van der Waals surface area contributed by atoms with Crippen molar-refractivity contribution in [3.8, 4) is 5.75 Å². The molecule has 1 aromatic carbocycles. The maximum atomic E-state index is 12.3. The molecule has 29 heavy (non-hydrogen) atoms. The van der Waals surface area contributed by atoms with Crippen molar-refractivity contribution in [1.82, 2.24) is 4.90 Å². The smallest absolute Gasteiger partial charge is 0.308 e. The highest BCUT2D eigenvalue weighted by Gasteiger charge is 2.46. The number of hydrogen-bond acceptors (Lipinski definition) is 6. The number of carbonyl (C=O) groups is 4. The summed E-state index contributed by atoms with van der Waals surface area (Å²) in [6.07, 6.45) is 4.74. The van der Waals surface area contributed by atoms with Gasteiger partial charge in [0.05, 0.1) is 30.4 Å². The molecule has 1 aliphatic carbocycles. The van der Waals surface area contributed by atoms with Gasteiger partial charge in [0.2, 0.25) is 11.8 Å². The molecule has 0 saturated carbocycles. The van der Waals surface area contributed by atoms with Gasteiger partial charge in [-0.15, -0.1) is 0 Å². The molecule has 1 saturated heterocycles. The summed E-state index contributed by atoms with van der Waals surface area (Å²) in [6, 6.07) is 4.71. The molecule has 2 atom stereocenters. The van der Waals surface area contributed by atoms with Crippen LogP contribution in [0.2, 0.25) is 5.02 Å². The molecule has 1 heterocycles. The molecule has 9 heteroatoms. The Balaban J connectivity index is 1.43. The van der Waals surface area contributed by atoms with Gasteiger partial charge in [0.15, 0.2) is 6.61 Å². The molecule has 0 bridgehead atoms. The molecule has 154 valence electrons. The second kappa shape index (κ2) is 9.09. The predicted octanol–water partition coefficient (Wildman–Crippen LogP) is 2.17. The summed E-state index contributed by atoms with van der Waals surface area (Å²) in [6.45, 7) is -0.529. The summed E-state index contributed by atoms with van der Waals surface area (Å²) in [7, 11) is 1.48. The standard InChI is InChI=1S/C20H21ClN2O6/c1-28-16-7-6-12(10-15(16)21)22-17(24)11-29-18(25)8-9-23-19(26)13-4-2-3-5-14(13)20(23)27/h2-3,6-7,10,13-14H,4-5,8-9,11H2,1H3,(H,22,24)/t13-,14-/m0/s1. The number of ether oxygens (including phenoxy) is 2. The van der Waals surface area contributed by atoms with Crippen LogP contribution in [0.25, 0.3) is 0 Å². The van der Waals surface area contributed by atoms with E-state index in [9.17, 15) is 19.2 Å². The average molecular weight is 421 g/mol. The monoisotopic (exact) mass is 420 g/mol. The number of anilines is 1. The zero-order chi connectivity index (χ0) is 21.0.